The normalized spacial score (nSPS) is 9.25. The van der Waals surface area contributed by atoms with Crippen molar-refractivity contribution in [3.63, 3.8) is 0 Å². The van der Waals surface area contributed by atoms with Crippen LogP contribution in [0.25, 0.3) is 0 Å². The Labute approximate surface area is 91.2 Å². The van der Waals surface area contributed by atoms with Gasteiger partial charge in [0.25, 0.3) is 5.69 Å². The molecule has 0 aliphatic rings. The van der Waals surface area contributed by atoms with Gasteiger partial charge in [0.2, 0.25) is 0 Å². The molecule has 6 heteroatoms. The lowest BCUT2D eigenvalue weighted by atomic mass is 10.1. The minimum absolute atomic E-state index is 0.00704. The van der Waals surface area contributed by atoms with Gasteiger partial charge < -0.3 is 4.74 Å². The number of nitriles is 1. The van der Waals surface area contributed by atoms with Gasteiger partial charge in [0, 0.05) is 12.1 Å². The third-order valence-corrected chi connectivity index (χ3v) is 1.77. The van der Waals surface area contributed by atoms with Crippen molar-refractivity contribution < 1.29 is 14.5 Å². The first-order valence-corrected chi connectivity index (χ1v) is 4.45. The zero-order chi connectivity index (χ0) is 12.1. The Balaban J connectivity index is 3.20. The van der Waals surface area contributed by atoms with E-state index >= 15 is 0 Å². The summed E-state index contributed by atoms with van der Waals surface area (Å²) in [5, 5.41) is 19.2. The molecule has 0 fully saturated rings. The van der Waals surface area contributed by atoms with Crippen LogP contribution in [0.2, 0.25) is 0 Å². The van der Waals surface area contributed by atoms with Crippen molar-refractivity contribution in [2.24, 2.45) is 0 Å². The molecule has 0 atom stereocenters. The molecule has 82 valence electrons. The number of ether oxygens (including phenoxy) is 1. The molecule has 0 amide bonds. The van der Waals surface area contributed by atoms with Crippen LogP contribution in [0, 0.1) is 21.4 Å². The van der Waals surface area contributed by atoms with Crippen molar-refractivity contribution in [3.8, 4) is 6.07 Å². The fourth-order valence-electron chi connectivity index (χ4n) is 1.11. The van der Waals surface area contributed by atoms with Crippen LogP contribution in [0.1, 0.15) is 22.8 Å². The number of esters is 1. The van der Waals surface area contributed by atoms with E-state index in [4.69, 9.17) is 10.00 Å². The molecule has 0 bridgehead atoms. The average Bonchev–Trinajstić information content (AvgIpc) is 2.28. The van der Waals surface area contributed by atoms with Crippen molar-refractivity contribution in [3.05, 3.63) is 39.4 Å². The lowest BCUT2D eigenvalue weighted by Crippen LogP contribution is -2.05. The highest BCUT2D eigenvalue weighted by molar-refractivity contribution is 5.90. The van der Waals surface area contributed by atoms with Crippen molar-refractivity contribution >= 4 is 11.7 Å². The molecule has 0 aliphatic heterocycles. The van der Waals surface area contributed by atoms with Crippen molar-refractivity contribution in [2.45, 2.75) is 6.92 Å². The smallest absolute Gasteiger partial charge is 0.338 e. The number of rotatable bonds is 3. The molecule has 0 N–H and O–H groups in total. The SMILES string of the molecule is CCOC(=O)c1cc(C#N)cc([N+](=O)[O-])c1. The Bertz CT molecular complexity index is 476. The molecule has 6 nitrogen and oxygen atoms in total. The summed E-state index contributed by atoms with van der Waals surface area (Å²) in [6, 6.07) is 5.18. The van der Waals surface area contributed by atoms with E-state index in [0.29, 0.717) is 0 Å². The van der Waals surface area contributed by atoms with Crippen LogP contribution in [-0.4, -0.2) is 17.5 Å². The zero-order valence-corrected chi connectivity index (χ0v) is 8.47. The van der Waals surface area contributed by atoms with Gasteiger partial charge in [-0.1, -0.05) is 0 Å². The second kappa shape index (κ2) is 4.89. The molecule has 0 aromatic heterocycles. The second-order valence-electron chi connectivity index (χ2n) is 2.86. The highest BCUT2D eigenvalue weighted by atomic mass is 16.6. The molecule has 1 aromatic carbocycles. The fourth-order valence-corrected chi connectivity index (χ4v) is 1.11. The molecule has 0 saturated heterocycles. The average molecular weight is 220 g/mol. The summed E-state index contributed by atoms with van der Waals surface area (Å²) < 4.78 is 4.69. The third kappa shape index (κ3) is 2.54. The van der Waals surface area contributed by atoms with Crippen molar-refractivity contribution in [1.82, 2.24) is 0 Å². The van der Waals surface area contributed by atoms with E-state index < -0.39 is 10.9 Å². The van der Waals surface area contributed by atoms with E-state index in [1.165, 1.54) is 6.07 Å². The first-order valence-electron chi connectivity index (χ1n) is 4.45. The minimum atomic E-state index is -0.678. The second-order valence-corrected chi connectivity index (χ2v) is 2.86. The number of non-ortho nitro benzene ring substituents is 1. The van der Waals surface area contributed by atoms with Gasteiger partial charge in [-0.2, -0.15) is 5.26 Å². The Kier molecular flexibility index (Phi) is 3.56. The van der Waals surface area contributed by atoms with E-state index in [9.17, 15) is 14.9 Å². The molecular formula is C10H8N2O4. The van der Waals surface area contributed by atoms with Gasteiger partial charge in [-0.3, -0.25) is 10.1 Å². The zero-order valence-electron chi connectivity index (χ0n) is 8.47. The van der Waals surface area contributed by atoms with E-state index in [1.54, 1.807) is 13.0 Å². The number of hydrogen-bond donors (Lipinski definition) is 0. The molecule has 0 heterocycles. The van der Waals surface area contributed by atoms with Crippen molar-refractivity contribution in [1.29, 1.82) is 5.26 Å². The van der Waals surface area contributed by atoms with E-state index in [1.807, 2.05) is 0 Å². The van der Waals surface area contributed by atoms with E-state index in [-0.39, 0.29) is 23.4 Å². The van der Waals surface area contributed by atoms with E-state index in [0.717, 1.165) is 12.1 Å². The maximum Gasteiger partial charge on any atom is 0.338 e. The van der Waals surface area contributed by atoms with Gasteiger partial charge in [0.1, 0.15) is 0 Å². The van der Waals surface area contributed by atoms with Gasteiger partial charge in [0.05, 0.1) is 28.7 Å². The molecule has 0 radical (unpaired) electrons. The van der Waals surface area contributed by atoms with Crippen LogP contribution in [0.5, 0.6) is 0 Å². The maximum absolute atomic E-state index is 11.3. The monoisotopic (exact) mass is 220 g/mol. The molecular weight excluding hydrogens is 212 g/mol. The van der Waals surface area contributed by atoms with Crippen LogP contribution in [0.4, 0.5) is 5.69 Å². The Morgan fingerprint density at radius 1 is 1.56 bits per heavy atom. The standard InChI is InChI=1S/C10H8N2O4/c1-2-16-10(13)8-3-7(6-11)4-9(5-8)12(14)15/h3-5H,2H2,1H3. The lowest BCUT2D eigenvalue weighted by Gasteiger charge is -2.01. The largest absolute Gasteiger partial charge is 0.462 e. The summed E-state index contributed by atoms with van der Waals surface area (Å²) >= 11 is 0. The van der Waals surface area contributed by atoms with E-state index in [2.05, 4.69) is 0 Å². The number of carbonyl (C=O) groups is 1. The number of hydrogen-bond acceptors (Lipinski definition) is 5. The molecule has 16 heavy (non-hydrogen) atoms. The summed E-state index contributed by atoms with van der Waals surface area (Å²) in [5.74, 6) is -0.678. The first kappa shape index (κ1) is 11.7. The van der Waals surface area contributed by atoms with Crippen LogP contribution in [0.3, 0.4) is 0 Å². The summed E-state index contributed by atoms with van der Waals surface area (Å²) in [6.07, 6.45) is 0. The topological polar surface area (TPSA) is 93.2 Å². The number of nitro benzene ring substituents is 1. The summed E-state index contributed by atoms with van der Waals surface area (Å²) in [6.45, 7) is 1.80. The molecule has 1 rings (SSSR count). The van der Waals surface area contributed by atoms with Gasteiger partial charge in [0.15, 0.2) is 0 Å². The highest BCUT2D eigenvalue weighted by Crippen LogP contribution is 2.17. The third-order valence-electron chi connectivity index (χ3n) is 1.77. The Morgan fingerprint density at radius 2 is 2.25 bits per heavy atom. The predicted octanol–water partition coefficient (Wildman–Crippen LogP) is 1.64. The van der Waals surface area contributed by atoms with Crippen LogP contribution in [0.15, 0.2) is 18.2 Å². The molecule has 0 spiro atoms. The molecule has 0 unspecified atom stereocenters. The van der Waals surface area contributed by atoms with Crippen LogP contribution >= 0.6 is 0 Å². The van der Waals surface area contributed by atoms with Gasteiger partial charge in [-0.05, 0) is 13.0 Å². The summed E-state index contributed by atoms with van der Waals surface area (Å²) in [4.78, 5) is 21.2. The quantitative estimate of drug-likeness (QED) is 0.438. The molecule has 1 aromatic rings. The van der Waals surface area contributed by atoms with Crippen LogP contribution < -0.4 is 0 Å². The number of nitro groups is 1. The molecule has 0 aliphatic carbocycles. The maximum atomic E-state index is 11.3. The molecule has 0 saturated carbocycles. The highest BCUT2D eigenvalue weighted by Gasteiger charge is 2.14. The fraction of sp³-hybridized carbons (Fsp3) is 0.200. The number of benzene rings is 1. The van der Waals surface area contributed by atoms with Gasteiger partial charge in [-0.25, -0.2) is 4.79 Å². The van der Waals surface area contributed by atoms with Crippen LogP contribution in [-0.2, 0) is 4.74 Å². The Morgan fingerprint density at radius 3 is 2.75 bits per heavy atom. The number of nitrogens with zero attached hydrogens (tertiary/aromatic N) is 2. The van der Waals surface area contributed by atoms with Gasteiger partial charge >= 0.3 is 5.97 Å². The summed E-state index contributed by atoms with van der Waals surface area (Å²) in [7, 11) is 0. The lowest BCUT2D eigenvalue weighted by molar-refractivity contribution is -0.384. The van der Waals surface area contributed by atoms with Gasteiger partial charge in [-0.15, -0.1) is 0 Å². The van der Waals surface area contributed by atoms with Crippen molar-refractivity contribution in [2.75, 3.05) is 6.61 Å². The number of carbonyl (C=O) groups excluding carboxylic acids is 1. The minimum Gasteiger partial charge on any atom is -0.462 e. The first-order chi connectivity index (χ1) is 7.58. The Hall–Kier alpha value is -2.42. The predicted molar refractivity (Wildman–Crippen MR) is 53.8 cm³/mol. The summed E-state index contributed by atoms with van der Waals surface area (Å²) in [5.41, 5.74) is -0.244.